The lowest BCUT2D eigenvalue weighted by atomic mass is 10.1. The van der Waals surface area contributed by atoms with Gasteiger partial charge >= 0.3 is 11.9 Å². The van der Waals surface area contributed by atoms with E-state index in [0.717, 1.165) is 22.6 Å². The third-order valence-corrected chi connectivity index (χ3v) is 5.42. The van der Waals surface area contributed by atoms with Crippen molar-refractivity contribution in [1.82, 2.24) is 9.38 Å². The van der Waals surface area contributed by atoms with E-state index in [2.05, 4.69) is 0 Å². The molecule has 3 aromatic rings. The van der Waals surface area contributed by atoms with Crippen LogP contribution in [0.2, 0.25) is 0 Å². The molecule has 0 saturated carbocycles. The van der Waals surface area contributed by atoms with E-state index in [1.165, 1.54) is 0 Å². The Kier molecular flexibility index (Phi) is 10.2. The van der Waals surface area contributed by atoms with Gasteiger partial charge in [-0.3, -0.25) is 0 Å². The van der Waals surface area contributed by atoms with Gasteiger partial charge in [0.2, 0.25) is 0 Å². The van der Waals surface area contributed by atoms with Gasteiger partial charge < -0.3 is 37.7 Å². The first-order valence-corrected chi connectivity index (χ1v) is 12.6. The van der Waals surface area contributed by atoms with Gasteiger partial charge in [0, 0.05) is 44.8 Å². The zero-order valence-electron chi connectivity index (χ0n) is 22.5. The molecule has 0 bridgehead atoms. The molecule has 0 N–H and O–H groups in total. The molecule has 0 radical (unpaired) electrons. The van der Waals surface area contributed by atoms with Crippen LogP contribution in [0.3, 0.4) is 0 Å². The molecule has 9 nitrogen and oxygen atoms in total. The maximum Gasteiger partial charge on any atom is 0.414 e. The van der Waals surface area contributed by atoms with E-state index in [-0.39, 0.29) is 33.0 Å². The second-order valence-corrected chi connectivity index (χ2v) is 8.15. The Bertz CT molecular complexity index is 1110. The molecule has 2 aromatic heterocycles. The molecule has 0 aliphatic heterocycles. The largest absolute Gasteiger partial charge is 0.431 e. The van der Waals surface area contributed by atoms with Crippen LogP contribution in [0.5, 0.6) is 5.75 Å². The van der Waals surface area contributed by atoms with E-state index in [9.17, 15) is 4.39 Å². The number of imidazole rings is 1. The number of pyridine rings is 1. The van der Waals surface area contributed by atoms with E-state index in [4.69, 9.17) is 33.4 Å². The molecule has 3 rings (SSSR count). The van der Waals surface area contributed by atoms with Crippen molar-refractivity contribution in [3.8, 4) is 17.0 Å². The average Bonchev–Trinajstić information content (AvgIpc) is 3.31. The minimum Gasteiger partial charge on any atom is -0.431 e. The smallest absolute Gasteiger partial charge is 0.414 e. The van der Waals surface area contributed by atoms with Crippen LogP contribution in [0.15, 0.2) is 48.8 Å². The number of fused-ring (bicyclic) bond motifs is 1. The Labute approximate surface area is 218 Å². The lowest BCUT2D eigenvalue weighted by Crippen LogP contribution is -2.66. The van der Waals surface area contributed by atoms with E-state index in [0.29, 0.717) is 5.75 Å². The molecule has 0 aliphatic carbocycles. The van der Waals surface area contributed by atoms with Gasteiger partial charge in [-0.1, -0.05) is 18.2 Å². The van der Waals surface area contributed by atoms with E-state index >= 15 is 0 Å². The SMILES string of the molecule is CCOC(OCC)(OCCF)C(OCC)(OCC)Oc1ccc2nc(-c3ccccc3N(C)C)cn2c1. The number of anilines is 1. The van der Waals surface area contributed by atoms with Crippen molar-refractivity contribution in [2.45, 2.75) is 39.6 Å². The molecule has 0 amide bonds. The molecule has 2 heterocycles. The van der Waals surface area contributed by atoms with Gasteiger partial charge in [0.15, 0.2) is 0 Å². The van der Waals surface area contributed by atoms with Crippen molar-refractivity contribution in [2.75, 3.05) is 58.7 Å². The van der Waals surface area contributed by atoms with E-state index in [1.54, 1.807) is 40.0 Å². The number of aromatic nitrogens is 2. The Morgan fingerprint density at radius 3 is 2.03 bits per heavy atom. The van der Waals surface area contributed by atoms with Gasteiger partial charge in [-0.15, -0.1) is 0 Å². The summed E-state index contributed by atoms with van der Waals surface area (Å²) in [7, 11) is 3.99. The number of hydrogen-bond donors (Lipinski definition) is 0. The summed E-state index contributed by atoms with van der Waals surface area (Å²) in [5.74, 6) is -3.58. The molecule has 10 heteroatoms. The molecule has 1 aromatic carbocycles. The molecule has 0 fully saturated rings. The van der Waals surface area contributed by atoms with Crippen molar-refractivity contribution < 1.29 is 32.8 Å². The van der Waals surface area contributed by atoms with Gasteiger partial charge in [0.05, 0.1) is 31.7 Å². The van der Waals surface area contributed by atoms with Crippen LogP contribution in [-0.4, -0.2) is 75.1 Å². The van der Waals surface area contributed by atoms with E-state index < -0.39 is 18.6 Å². The maximum atomic E-state index is 13.2. The topological polar surface area (TPSA) is 75.9 Å². The monoisotopic (exact) mass is 519 g/mol. The number of hydrogen-bond acceptors (Lipinski definition) is 8. The molecule has 0 unspecified atom stereocenters. The molecule has 204 valence electrons. The third-order valence-electron chi connectivity index (χ3n) is 5.42. The maximum absolute atomic E-state index is 13.2. The van der Waals surface area contributed by atoms with E-state index in [1.807, 2.05) is 59.9 Å². The number of rotatable bonds is 16. The van der Waals surface area contributed by atoms with Crippen LogP contribution in [0.4, 0.5) is 10.1 Å². The predicted octanol–water partition coefficient (Wildman–Crippen LogP) is 4.89. The number of ether oxygens (including phenoxy) is 6. The number of nitrogens with zero attached hydrogens (tertiary/aromatic N) is 3. The highest BCUT2D eigenvalue weighted by molar-refractivity contribution is 5.77. The summed E-state index contributed by atoms with van der Waals surface area (Å²) in [4.78, 5) is 6.83. The van der Waals surface area contributed by atoms with Crippen molar-refractivity contribution in [2.24, 2.45) is 0 Å². The zero-order valence-corrected chi connectivity index (χ0v) is 22.5. The minimum atomic E-state index is -1.98. The zero-order chi connectivity index (χ0) is 26.9. The van der Waals surface area contributed by atoms with Crippen molar-refractivity contribution in [3.05, 3.63) is 48.8 Å². The first-order valence-electron chi connectivity index (χ1n) is 12.6. The summed E-state index contributed by atoms with van der Waals surface area (Å²) in [6, 6.07) is 11.6. The van der Waals surface area contributed by atoms with Gasteiger partial charge in [-0.25, -0.2) is 9.37 Å². The van der Waals surface area contributed by atoms with Crippen LogP contribution in [-0.2, 0) is 23.7 Å². The van der Waals surface area contributed by atoms with Crippen LogP contribution in [0.25, 0.3) is 16.9 Å². The van der Waals surface area contributed by atoms with Crippen molar-refractivity contribution >= 4 is 11.3 Å². The van der Waals surface area contributed by atoms with Gasteiger partial charge in [0.25, 0.3) is 0 Å². The molecule has 0 spiro atoms. The highest BCUT2D eigenvalue weighted by Gasteiger charge is 2.62. The highest BCUT2D eigenvalue weighted by Crippen LogP contribution is 2.37. The van der Waals surface area contributed by atoms with Gasteiger partial charge in [0.1, 0.15) is 18.1 Å². The third kappa shape index (κ3) is 6.22. The number of para-hydroxylation sites is 1. The molecular formula is C27H38FN3O6. The lowest BCUT2D eigenvalue weighted by molar-refractivity contribution is -0.543. The van der Waals surface area contributed by atoms with Gasteiger partial charge in [-0.05, 0) is 45.9 Å². The van der Waals surface area contributed by atoms with Crippen molar-refractivity contribution in [3.63, 3.8) is 0 Å². The van der Waals surface area contributed by atoms with Crippen molar-refractivity contribution in [1.29, 1.82) is 0 Å². The minimum absolute atomic E-state index is 0.173. The summed E-state index contributed by atoms with van der Waals surface area (Å²) in [6.07, 6.45) is 3.68. The summed E-state index contributed by atoms with van der Waals surface area (Å²) in [5, 5.41) is 0. The Morgan fingerprint density at radius 1 is 0.811 bits per heavy atom. The quantitative estimate of drug-likeness (QED) is 0.248. The fraction of sp³-hybridized carbons (Fsp3) is 0.519. The standard InChI is InChI=1S/C27H38FN3O6/c1-7-32-26(33-8-2,36-18-17-28)27(34-9-3,35-10-4)37-21-15-16-25-29-23(20-31(25)19-21)22-13-11-12-14-24(22)30(5)6/h11-16,19-20H,7-10,17-18H2,1-6H3. The highest BCUT2D eigenvalue weighted by atomic mass is 19.1. The molecule has 37 heavy (non-hydrogen) atoms. The molecular weight excluding hydrogens is 481 g/mol. The predicted molar refractivity (Wildman–Crippen MR) is 139 cm³/mol. The van der Waals surface area contributed by atoms with Crippen LogP contribution >= 0.6 is 0 Å². The Morgan fingerprint density at radius 2 is 1.43 bits per heavy atom. The Hall–Kier alpha value is -2.76. The van der Waals surface area contributed by atoms with Crippen LogP contribution in [0, 0.1) is 0 Å². The number of benzene rings is 1. The number of alkyl halides is 1. The summed E-state index contributed by atoms with van der Waals surface area (Å²) in [6.45, 7) is 6.73. The first-order chi connectivity index (χ1) is 17.9. The second-order valence-electron chi connectivity index (χ2n) is 8.15. The summed E-state index contributed by atoms with van der Waals surface area (Å²) < 4.78 is 50.9. The molecule has 0 saturated heterocycles. The molecule has 0 aliphatic rings. The van der Waals surface area contributed by atoms with Gasteiger partial charge in [-0.2, -0.15) is 0 Å². The van der Waals surface area contributed by atoms with Crippen LogP contribution in [0.1, 0.15) is 27.7 Å². The fourth-order valence-electron chi connectivity index (χ4n) is 4.06. The summed E-state index contributed by atoms with van der Waals surface area (Å²) >= 11 is 0. The second kappa shape index (κ2) is 13.2. The average molecular weight is 520 g/mol. The molecule has 0 atom stereocenters. The van der Waals surface area contributed by atoms with Crippen LogP contribution < -0.4 is 9.64 Å². The normalized spacial score (nSPS) is 12.3. The first kappa shape index (κ1) is 28.8. The fourth-order valence-corrected chi connectivity index (χ4v) is 4.06. The summed E-state index contributed by atoms with van der Waals surface area (Å²) in [5.41, 5.74) is 3.59. The lowest BCUT2D eigenvalue weighted by Gasteiger charge is -2.45. The Balaban J connectivity index is 2.07. The number of halogens is 1.